The minimum atomic E-state index is -0.911. The predicted molar refractivity (Wildman–Crippen MR) is 79.4 cm³/mol. The molecule has 0 bridgehead atoms. The van der Waals surface area contributed by atoms with E-state index in [1.54, 1.807) is 6.07 Å². The van der Waals surface area contributed by atoms with Crippen LogP contribution in [0.15, 0.2) is 18.3 Å². The zero-order valence-electron chi connectivity index (χ0n) is 12.0. The van der Waals surface area contributed by atoms with Crippen molar-refractivity contribution < 1.29 is 15.0 Å². The number of nitrogens with zero attached hydrogens (tertiary/aromatic N) is 1. The molecule has 0 saturated heterocycles. The molecule has 0 radical (unpaired) electrons. The number of carboxylic acid groups (broad SMARTS) is 1. The second-order valence-electron chi connectivity index (χ2n) is 5.02. The van der Waals surface area contributed by atoms with Crippen molar-refractivity contribution in [3.8, 4) is 0 Å². The van der Waals surface area contributed by atoms with E-state index >= 15 is 0 Å². The van der Waals surface area contributed by atoms with Crippen LogP contribution in [0.3, 0.4) is 0 Å². The van der Waals surface area contributed by atoms with Gasteiger partial charge >= 0.3 is 5.97 Å². The number of benzene rings is 1. The van der Waals surface area contributed by atoms with Crippen molar-refractivity contribution >= 4 is 16.9 Å². The monoisotopic (exact) mass is 275 g/mol. The number of aliphatic hydroxyl groups is 1. The van der Waals surface area contributed by atoms with E-state index in [2.05, 4.69) is 13.0 Å². The van der Waals surface area contributed by atoms with E-state index in [9.17, 15) is 15.0 Å². The van der Waals surface area contributed by atoms with Crippen LogP contribution < -0.4 is 0 Å². The SMILES string of the molecule is CCCc1cn(CCO)c2c(C(=O)O)cc(CC)cc12. The first-order valence-corrected chi connectivity index (χ1v) is 7.11. The zero-order valence-corrected chi connectivity index (χ0v) is 12.0. The smallest absolute Gasteiger partial charge is 0.337 e. The Morgan fingerprint density at radius 3 is 2.60 bits per heavy atom. The molecule has 1 aromatic carbocycles. The van der Waals surface area contributed by atoms with Gasteiger partial charge in [0, 0.05) is 18.1 Å². The summed E-state index contributed by atoms with van der Waals surface area (Å²) in [5.74, 6) is -0.911. The average molecular weight is 275 g/mol. The van der Waals surface area contributed by atoms with Crippen molar-refractivity contribution in [2.45, 2.75) is 39.7 Å². The molecule has 0 aliphatic heterocycles. The van der Waals surface area contributed by atoms with Crippen LogP contribution in [-0.4, -0.2) is 27.4 Å². The van der Waals surface area contributed by atoms with Gasteiger partial charge in [0.25, 0.3) is 0 Å². The number of hydrogen-bond acceptors (Lipinski definition) is 2. The van der Waals surface area contributed by atoms with Gasteiger partial charge in [0.15, 0.2) is 0 Å². The molecular weight excluding hydrogens is 254 g/mol. The number of aliphatic hydroxyl groups excluding tert-OH is 1. The van der Waals surface area contributed by atoms with Crippen LogP contribution >= 0.6 is 0 Å². The van der Waals surface area contributed by atoms with Gasteiger partial charge in [-0.1, -0.05) is 20.3 Å². The number of carbonyl (C=O) groups is 1. The Morgan fingerprint density at radius 2 is 2.05 bits per heavy atom. The van der Waals surface area contributed by atoms with Crippen molar-refractivity contribution in [3.05, 3.63) is 35.0 Å². The summed E-state index contributed by atoms with van der Waals surface area (Å²) in [4.78, 5) is 11.5. The van der Waals surface area contributed by atoms with Gasteiger partial charge in [-0.25, -0.2) is 4.79 Å². The molecule has 0 fully saturated rings. The molecule has 0 aliphatic rings. The van der Waals surface area contributed by atoms with E-state index in [1.807, 2.05) is 17.7 Å². The first kappa shape index (κ1) is 14.6. The largest absolute Gasteiger partial charge is 0.478 e. The zero-order chi connectivity index (χ0) is 14.7. The number of hydrogen-bond donors (Lipinski definition) is 2. The quantitative estimate of drug-likeness (QED) is 0.852. The van der Waals surface area contributed by atoms with Crippen molar-refractivity contribution in [3.63, 3.8) is 0 Å². The van der Waals surface area contributed by atoms with Gasteiger partial charge in [-0.2, -0.15) is 0 Å². The van der Waals surface area contributed by atoms with Gasteiger partial charge in [-0.3, -0.25) is 0 Å². The van der Waals surface area contributed by atoms with Gasteiger partial charge in [-0.05, 0) is 36.1 Å². The van der Waals surface area contributed by atoms with Crippen molar-refractivity contribution in [1.82, 2.24) is 4.57 Å². The second-order valence-corrected chi connectivity index (χ2v) is 5.02. The number of rotatable bonds is 6. The third-order valence-electron chi connectivity index (χ3n) is 3.61. The lowest BCUT2D eigenvalue weighted by Gasteiger charge is -2.08. The Labute approximate surface area is 118 Å². The molecule has 4 nitrogen and oxygen atoms in total. The molecule has 0 spiro atoms. The van der Waals surface area contributed by atoms with Crippen molar-refractivity contribution in [2.75, 3.05) is 6.61 Å². The Bertz CT molecular complexity index is 628. The summed E-state index contributed by atoms with van der Waals surface area (Å²) >= 11 is 0. The van der Waals surface area contributed by atoms with E-state index in [4.69, 9.17) is 0 Å². The fourth-order valence-electron chi connectivity index (χ4n) is 2.69. The second kappa shape index (κ2) is 6.09. The van der Waals surface area contributed by atoms with E-state index in [0.717, 1.165) is 41.3 Å². The van der Waals surface area contributed by atoms with E-state index in [-0.39, 0.29) is 6.61 Å². The molecule has 0 aliphatic carbocycles. The number of fused-ring (bicyclic) bond motifs is 1. The Balaban J connectivity index is 2.77. The number of carboxylic acids is 1. The minimum Gasteiger partial charge on any atom is -0.478 e. The normalized spacial score (nSPS) is 11.2. The summed E-state index contributed by atoms with van der Waals surface area (Å²) in [6.07, 6.45) is 4.72. The van der Waals surface area contributed by atoms with E-state index in [1.165, 1.54) is 0 Å². The fraction of sp³-hybridized carbons (Fsp3) is 0.438. The number of aryl methyl sites for hydroxylation is 2. The molecule has 0 unspecified atom stereocenters. The number of aromatic carboxylic acids is 1. The third kappa shape index (κ3) is 2.56. The lowest BCUT2D eigenvalue weighted by Crippen LogP contribution is -2.06. The summed E-state index contributed by atoms with van der Waals surface area (Å²) < 4.78 is 1.86. The molecule has 108 valence electrons. The summed E-state index contributed by atoms with van der Waals surface area (Å²) in [7, 11) is 0. The van der Waals surface area contributed by atoms with Crippen molar-refractivity contribution in [1.29, 1.82) is 0 Å². The van der Waals surface area contributed by atoms with E-state index < -0.39 is 5.97 Å². The van der Waals surface area contributed by atoms with Gasteiger partial charge in [0.1, 0.15) is 0 Å². The molecule has 2 rings (SSSR count). The maximum atomic E-state index is 11.5. The maximum absolute atomic E-state index is 11.5. The lowest BCUT2D eigenvalue weighted by molar-refractivity contribution is 0.0698. The van der Waals surface area contributed by atoms with Crippen LogP contribution in [0.5, 0.6) is 0 Å². The molecule has 2 aromatic rings. The Morgan fingerprint density at radius 1 is 1.30 bits per heavy atom. The first-order chi connectivity index (χ1) is 9.62. The summed E-state index contributed by atoms with van der Waals surface area (Å²) in [6.45, 7) is 4.56. The highest BCUT2D eigenvalue weighted by Crippen LogP contribution is 2.28. The van der Waals surface area contributed by atoms with Crippen LogP contribution in [0, 0.1) is 0 Å². The highest BCUT2D eigenvalue weighted by atomic mass is 16.4. The molecule has 0 amide bonds. The molecule has 1 aromatic heterocycles. The molecular formula is C16H21NO3. The van der Waals surface area contributed by atoms with Crippen molar-refractivity contribution in [2.24, 2.45) is 0 Å². The standard InChI is InChI=1S/C16H21NO3/c1-3-5-12-10-17(6-7-18)15-13(12)8-11(4-2)9-14(15)16(19)20/h8-10,18H,3-7H2,1-2H3,(H,19,20). The van der Waals surface area contributed by atoms with Gasteiger partial charge in [0.2, 0.25) is 0 Å². The fourth-order valence-corrected chi connectivity index (χ4v) is 2.69. The Kier molecular flexibility index (Phi) is 4.45. The molecule has 4 heteroatoms. The van der Waals surface area contributed by atoms with Gasteiger partial charge in [0.05, 0.1) is 17.7 Å². The summed E-state index contributed by atoms with van der Waals surface area (Å²) in [5.41, 5.74) is 3.25. The van der Waals surface area contributed by atoms with Crippen LogP contribution in [0.1, 0.15) is 41.8 Å². The molecule has 1 heterocycles. The van der Waals surface area contributed by atoms with Crippen LogP contribution in [0.2, 0.25) is 0 Å². The summed E-state index contributed by atoms with van der Waals surface area (Å²) in [6, 6.07) is 3.83. The van der Waals surface area contributed by atoms with E-state index in [0.29, 0.717) is 12.1 Å². The summed E-state index contributed by atoms with van der Waals surface area (Å²) in [5, 5.41) is 19.7. The topological polar surface area (TPSA) is 62.5 Å². The molecule has 2 N–H and O–H groups in total. The average Bonchev–Trinajstić information content (AvgIpc) is 2.77. The highest BCUT2D eigenvalue weighted by Gasteiger charge is 2.17. The predicted octanol–water partition coefficient (Wildman–Crippen LogP) is 2.85. The third-order valence-corrected chi connectivity index (χ3v) is 3.61. The van der Waals surface area contributed by atoms with Gasteiger partial charge in [-0.15, -0.1) is 0 Å². The number of aromatic nitrogens is 1. The van der Waals surface area contributed by atoms with Gasteiger partial charge < -0.3 is 14.8 Å². The van der Waals surface area contributed by atoms with Crippen LogP contribution in [0.4, 0.5) is 0 Å². The minimum absolute atomic E-state index is 0.00390. The molecule has 0 atom stereocenters. The van der Waals surface area contributed by atoms with Crippen LogP contribution in [-0.2, 0) is 19.4 Å². The first-order valence-electron chi connectivity index (χ1n) is 7.11. The molecule has 20 heavy (non-hydrogen) atoms. The molecule has 0 saturated carbocycles. The maximum Gasteiger partial charge on any atom is 0.337 e. The Hall–Kier alpha value is -1.81. The highest BCUT2D eigenvalue weighted by molar-refractivity contribution is 6.03. The van der Waals surface area contributed by atoms with Crippen LogP contribution in [0.25, 0.3) is 10.9 Å². The lowest BCUT2D eigenvalue weighted by atomic mass is 10.0.